The Kier molecular flexibility index (Phi) is 5.32. The number of aliphatic imine (C=N–C) groups is 1. The molecule has 2 unspecified atom stereocenters. The van der Waals surface area contributed by atoms with Crippen molar-refractivity contribution in [1.82, 2.24) is 10.2 Å². The van der Waals surface area contributed by atoms with Crippen molar-refractivity contribution in [3.8, 4) is 0 Å². The van der Waals surface area contributed by atoms with E-state index in [4.69, 9.17) is 17.3 Å². The molecule has 2 heterocycles. The van der Waals surface area contributed by atoms with E-state index in [1.54, 1.807) is 11.0 Å². The Bertz CT molecular complexity index is 789. The highest BCUT2D eigenvalue weighted by atomic mass is 35.5. The summed E-state index contributed by atoms with van der Waals surface area (Å²) in [6, 6.07) is 7.31. The highest BCUT2D eigenvalue weighted by Gasteiger charge is 2.35. The van der Waals surface area contributed by atoms with E-state index in [0.29, 0.717) is 29.0 Å². The van der Waals surface area contributed by atoms with Crippen molar-refractivity contribution >= 4 is 29.3 Å². The van der Waals surface area contributed by atoms with Gasteiger partial charge in [-0.15, -0.1) is 0 Å². The van der Waals surface area contributed by atoms with Crippen molar-refractivity contribution in [3.05, 3.63) is 46.7 Å². The fourth-order valence-corrected chi connectivity index (χ4v) is 3.62. The van der Waals surface area contributed by atoms with Gasteiger partial charge in [-0.1, -0.05) is 30.7 Å². The van der Waals surface area contributed by atoms with Gasteiger partial charge in [0.15, 0.2) is 0 Å². The van der Waals surface area contributed by atoms with Crippen LogP contribution >= 0.6 is 11.6 Å². The standard InChI is InChI=1S/C19H23ClN4O2/c1-11-6-7-16(13-4-3-5-14(20)8-13)24(10-11)19(26)18(25)23-15-9-22-17(21)12(15)2/h3-5,8-9,11-12,16H,6-7,10H2,1-2H3,(H2,21,22)(H,23,25)/t11?,12?,16-/m1/s1. The summed E-state index contributed by atoms with van der Waals surface area (Å²) in [5.41, 5.74) is 7.23. The van der Waals surface area contributed by atoms with Crippen LogP contribution < -0.4 is 11.1 Å². The Balaban J connectivity index is 1.77. The number of hydrogen-bond donors (Lipinski definition) is 2. The fourth-order valence-electron chi connectivity index (χ4n) is 3.42. The monoisotopic (exact) mass is 374 g/mol. The molecule has 2 aliphatic heterocycles. The molecule has 0 aromatic heterocycles. The fraction of sp³-hybridized carbons (Fsp3) is 0.421. The first-order chi connectivity index (χ1) is 12.4. The number of nitrogens with two attached hydrogens (primary N) is 1. The summed E-state index contributed by atoms with van der Waals surface area (Å²) in [7, 11) is 0. The molecule has 138 valence electrons. The number of carbonyl (C=O) groups is 2. The largest absolute Gasteiger partial charge is 0.387 e. The van der Waals surface area contributed by atoms with Crippen molar-refractivity contribution < 1.29 is 9.59 Å². The second kappa shape index (κ2) is 7.50. The van der Waals surface area contributed by atoms with Crippen molar-refractivity contribution in [3.63, 3.8) is 0 Å². The molecule has 2 amide bonds. The highest BCUT2D eigenvalue weighted by molar-refractivity contribution is 6.35. The number of nitrogens with zero attached hydrogens (tertiary/aromatic N) is 2. The summed E-state index contributed by atoms with van der Waals surface area (Å²) in [4.78, 5) is 31.1. The Labute approximate surface area is 158 Å². The highest BCUT2D eigenvalue weighted by Crippen LogP contribution is 2.34. The van der Waals surface area contributed by atoms with Gasteiger partial charge in [-0.25, -0.2) is 4.99 Å². The Morgan fingerprint density at radius 2 is 2.08 bits per heavy atom. The van der Waals surface area contributed by atoms with Crippen LogP contribution in [0.5, 0.6) is 0 Å². The van der Waals surface area contributed by atoms with Crippen LogP contribution in [-0.4, -0.2) is 29.1 Å². The van der Waals surface area contributed by atoms with Crippen LogP contribution in [-0.2, 0) is 9.59 Å². The lowest BCUT2D eigenvalue weighted by atomic mass is 9.90. The van der Waals surface area contributed by atoms with Crippen molar-refractivity contribution in [2.75, 3.05) is 6.54 Å². The summed E-state index contributed by atoms with van der Waals surface area (Å²) in [6.45, 7) is 4.46. The van der Waals surface area contributed by atoms with Crippen LogP contribution in [0.2, 0.25) is 5.02 Å². The SMILES string of the molecule is CC1CC[C@H](c2cccc(Cl)c2)N(C(=O)C(=O)NC2=CN=C(N)C2C)C1. The third-order valence-electron chi connectivity index (χ3n) is 5.03. The minimum atomic E-state index is -0.658. The van der Waals surface area contributed by atoms with E-state index in [2.05, 4.69) is 17.2 Å². The topological polar surface area (TPSA) is 87.8 Å². The molecule has 0 radical (unpaired) electrons. The summed E-state index contributed by atoms with van der Waals surface area (Å²) >= 11 is 6.11. The molecule has 2 aliphatic rings. The van der Waals surface area contributed by atoms with Crippen LogP contribution in [0.15, 0.2) is 41.2 Å². The third-order valence-corrected chi connectivity index (χ3v) is 5.26. The van der Waals surface area contributed by atoms with Gasteiger partial charge in [0.1, 0.15) is 5.84 Å². The molecule has 0 spiro atoms. The van der Waals surface area contributed by atoms with E-state index in [1.165, 1.54) is 6.20 Å². The normalized spacial score (nSPS) is 25.5. The summed E-state index contributed by atoms with van der Waals surface area (Å²) in [5, 5.41) is 3.29. The minimum Gasteiger partial charge on any atom is -0.387 e. The van der Waals surface area contributed by atoms with Crippen LogP contribution in [0.1, 0.15) is 38.3 Å². The quantitative estimate of drug-likeness (QED) is 0.780. The lowest BCUT2D eigenvalue weighted by Crippen LogP contribution is -2.48. The molecule has 26 heavy (non-hydrogen) atoms. The first-order valence-corrected chi connectivity index (χ1v) is 9.15. The van der Waals surface area contributed by atoms with Crippen molar-refractivity contribution in [2.24, 2.45) is 22.6 Å². The molecule has 0 bridgehead atoms. The van der Waals surface area contributed by atoms with Crippen molar-refractivity contribution in [1.29, 1.82) is 0 Å². The number of carbonyl (C=O) groups excluding carboxylic acids is 2. The summed E-state index contributed by atoms with van der Waals surface area (Å²) in [5.74, 6) is -0.632. The molecule has 1 aromatic rings. The molecule has 6 nitrogen and oxygen atoms in total. The number of hydrogen-bond acceptors (Lipinski definition) is 4. The molecule has 7 heteroatoms. The van der Waals surface area contributed by atoms with Gasteiger partial charge in [0, 0.05) is 23.5 Å². The van der Waals surface area contributed by atoms with Crippen LogP contribution in [0.25, 0.3) is 0 Å². The zero-order valence-corrected chi connectivity index (χ0v) is 15.7. The first kappa shape index (κ1) is 18.5. The van der Waals surface area contributed by atoms with E-state index in [0.717, 1.165) is 18.4 Å². The molecule has 0 saturated carbocycles. The second-order valence-electron chi connectivity index (χ2n) is 7.03. The molecule has 1 aromatic carbocycles. The van der Waals surface area contributed by atoms with Crippen LogP contribution in [0, 0.1) is 11.8 Å². The molecule has 3 N–H and O–H groups in total. The van der Waals surface area contributed by atoms with E-state index in [1.807, 2.05) is 25.1 Å². The zero-order valence-electron chi connectivity index (χ0n) is 14.9. The smallest absolute Gasteiger partial charge is 0.313 e. The predicted molar refractivity (Wildman–Crippen MR) is 101 cm³/mol. The minimum absolute atomic E-state index is 0.153. The molecule has 3 atom stereocenters. The van der Waals surface area contributed by atoms with Gasteiger partial charge in [0.2, 0.25) is 0 Å². The lowest BCUT2D eigenvalue weighted by molar-refractivity contribution is -0.148. The number of amides is 2. The van der Waals surface area contributed by atoms with Gasteiger partial charge in [-0.05, 0) is 43.4 Å². The van der Waals surface area contributed by atoms with Gasteiger partial charge in [0.05, 0.1) is 12.0 Å². The molecule has 1 fully saturated rings. The molecular weight excluding hydrogens is 352 g/mol. The molecule has 3 rings (SSSR count). The first-order valence-electron chi connectivity index (χ1n) is 8.77. The van der Waals surface area contributed by atoms with Gasteiger partial charge >= 0.3 is 11.8 Å². The summed E-state index contributed by atoms with van der Waals surface area (Å²) in [6.07, 6.45) is 3.29. The number of amidine groups is 1. The van der Waals surface area contributed by atoms with Crippen LogP contribution in [0.4, 0.5) is 0 Å². The van der Waals surface area contributed by atoms with Gasteiger partial charge < -0.3 is 16.0 Å². The van der Waals surface area contributed by atoms with Gasteiger partial charge in [0.25, 0.3) is 0 Å². The van der Waals surface area contributed by atoms with Gasteiger partial charge in [-0.3, -0.25) is 9.59 Å². The Morgan fingerprint density at radius 1 is 1.31 bits per heavy atom. The average Bonchev–Trinajstić information content (AvgIpc) is 2.93. The van der Waals surface area contributed by atoms with Gasteiger partial charge in [-0.2, -0.15) is 0 Å². The Morgan fingerprint density at radius 3 is 2.73 bits per heavy atom. The molecular formula is C19H23ClN4O2. The number of likely N-dealkylation sites (tertiary alicyclic amines) is 1. The number of nitrogens with one attached hydrogen (secondary N) is 1. The van der Waals surface area contributed by atoms with Crippen molar-refractivity contribution in [2.45, 2.75) is 32.7 Å². The lowest BCUT2D eigenvalue weighted by Gasteiger charge is -2.38. The maximum atomic E-state index is 12.9. The van der Waals surface area contributed by atoms with Crippen LogP contribution in [0.3, 0.4) is 0 Å². The van der Waals surface area contributed by atoms with E-state index >= 15 is 0 Å². The third kappa shape index (κ3) is 3.75. The summed E-state index contributed by atoms with van der Waals surface area (Å²) < 4.78 is 0. The zero-order chi connectivity index (χ0) is 18.8. The Hall–Kier alpha value is -2.34. The molecule has 0 aliphatic carbocycles. The molecule has 1 saturated heterocycles. The number of halogens is 1. The second-order valence-corrected chi connectivity index (χ2v) is 7.46. The van der Waals surface area contributed by atoms with E-state index < -0.39 is 11.8 Å². The average molecular weight is 375 g/mol. The number of piperidine rings is 1. The number of benzene rings is 1. The van der Waals surface area contributed by atoms with E-state index in [-0.39, 0.29) is 12.0 Å². The number of rotatable bonds is 2. The predicted octanol–water partition coefficient (Wildman–Crippen LogP) is 2.60. The maximum Gasteiger partial charge on any atom is 0.313 e. The van der Waals surface area contributed by atoms with E-state index in [9.17, 15) is 9.59 Å². The maximum absolute atomic E-state index is 12.9.